The smallest absolute Gasteiger partial charge is 0.161 e. The number of hydrogen-bond acceptors (Lipinski definition) is 6. The minimum absolute atomic E-state index is 0.0671. The summed E-state index contributed by atoms with van der Waals surface area (Å²) < 4.78 is 80.9. The van der Waals surface area contributed by atoms with Crippen LogP contribution in [0.15, 0.2) is 36.3 Å². The van der Waals surface area contributed by atoms with Crippen LogP contribution >= 0.6 is 0 Å². The highest BCUT2D eigenvalue weighted by atomic mass is 16.5. The van der Waals surface area contributed by atoms with Gasteiger partial charge in [0.1, 0.15) is 0 Å². The standard InChI is InChI=1S/C27H38N2O4/c1-20(2)27(19-28,22-10-12-24(31-5)26(18-22)33-7)14-8-15-29(3)16-13-21-9-11-23(30-4)25(17-21)32-6/h9-12,17-18,20H,8,13-16H2,1-7H3/i9D,11D,13D2,16D2,17D. The van der Waals surface area contributed by atoms with Crippen LogP contribution in [0.3, 0.4) is 0 Å². The molecule has 0 aliphatic carbocycles. The Kier molecular flexibility index (Phi) is 6.57. The van der Waals surface area contributed by atoms with E-state index in [1.165, 1.54) is 40.4 Å². The van der Waals surface area contributed by atoms with E-state index in [1.54, 1.807) is 12.1 Å². The molecule has 0 aromatic heterocycles. The maximum Gasteiger partial charge on any atom is 0.161 e. The van der Waals surface area contributed by atoms with Crippen LogP contribution < -0.4 is 18.9 Å². The zero-order valence-corrected chi connectivity index (χ0v) is 20.5. The lowest BCUT2D eigenvalue weighted by Crippen LogP contribution is -2.32. The Morgan fingerprint density at radius 1 is 1.03 bits per heavy atom. The first kappa shape index (κ1) is 17.6. The molecular formula is C27H38N2O4. The third-order valence-electron chi connectivity index (χ3n) is 5.67. The minimum Gasteiger partial charge on any atom is -0.493 e. The van der Waals surface area contributed by atoms with Crippen LogP contribution in [0, 0.1) is 17.2 Å². The number of methoxy groups -OCH3 is 4. The summed E-state index contributed by atoms with van der Waals surface area (Å²) in [5.41, 5.74) is -0.807. The first-order chi connectivity index (χ1) is 18.6. The van der Waals surface area contributed by atoms with E-state index in [2.05, 4.69) is 6.07 Å². The van der Waals surface area contributed by atoms with Gasteiger partial charge in [0.2, 0.25) is 0 Å². The Labute approximate surface area is 208 Å². The first-order valence-corrected chi connectivity index (χ1v) is 10.7. The predicted octanol–water partition coefficient (Wildman–Crippen LogP) is 5.09. The molecule has 0 bridgehead atoms. The van der Waals surface area contributed by atoms with Crippen molar-refractivity contribution in [2.24, 2.45) is 5.92 Å². The highest BCUT2D eigenvalue weighted by Gasteiger charge is 2.36. The van der Waals surface area contributed by atoms with Gasteiger partial charge in [0.25, 0.3) is 0 Å². The Morgan fingerprint density at radius 2 is 1.70 bits per heavy atom. The quantitative estimate of drug-likeness (QED) is 0.414. The molecule has 0 aliphatic rings. The summed E-state index contributed by atoms with van der Waals surface area (Å²) >= 11 is 0. The second kappa shape index (κ2) is 12.4. The van der Waals surface area contributed by atoms with Gasteiger partial charge in [-0.25, -0.2) is 0 Å². The second-order valence-electron chi connectivity index (χ2n) is 7.89. The average Bonchev–Trinajstić information content (AvgIpc) is 2.92. The number of ether oxygens (including phenoxy) is 4. The third-order valence-corrected chi connectivity index (χ3v) is 5.67. The van der Waals surface area contributed by atoms with Crippen molar-refractivity contribution >= 4 is 0 Å². The third kappa shape index (κ3) is 6.33. The largest absolute Gasteiger partial charge is 0.493 e. The lowest BCUT2D eigenvalue weighted by molar-refractivity contribution is 0.292. The summed E-state index contributed by atoms with van der Waals surface area (Å²) in [4.78, 5) is 1.17. The Hall–Kier alpha value is -2.91. The van der Waals surface area contributed by atoms with Crippen LogP contribution in [0.2, 0.25) is 0 Å². The molecule has 6 nitrogen and oxygen atoms in total. The van der Waals surface area contributed by atoms with E-state index < -0.39 is 42.0 Å². The molecule has 2 aromatic carbocycles. The summed E-state index contributed by atoms with van der Waals surface area (Å²) in [6, 6.07) is 6.07. The monoisotopic (exact) mass is 461 g/mol. The molecule has 0 radical (unpaired) electrons. The minimum atomic E-state index is -2.88. The van der Waals surface area contributed by atoms with Crippen LogP contribution in [0.4, 0.5) is 0 Å². The lowest BCUT2D eigenvalue weighted by Gasteiger charge is -2.32. The van der Waals surface area contributed by atoms with Gasteiger partial charge >= 0.3 is 0 Å². The summed E-state index contributed by atoms with van der Waals surface area (Å²) in [5, 5.41) is 10.3. The molecule has 0 amide bonds. The van der Waals surface area contributed by atoms with Crippen molar-refractivity contribution in [1.82, 2.24) is 4.90 Å². The van der Waals surface area contributed by atoms with Crippen molar-refractivity contribution in [3.05, 3.63) is 47.5 Å². The summed E-state index contributed by atoms with van der Waals surface area (Å²) in [6.45, 7) is 1.24. The molecule has 2 aromatic rings. The van der Waals surface area contributed by atoms with Gasteiger partial charge in [0.05, 0.1) is 44.0 Å². The maximum absolute atomic E-state index is 10.3. The van der Waals surface area contributed by atoms with Gasteiger partial charge in [0, 0.05) is 12.0 Å². The van der Waals surface area contributed by atoms with Crippen molar-refractivity contribution in [3.8, 4) is 29.1 Å². The topological polar surface area (TPSA) is 64.0 Å². The van der Waals surface area contributed by atoms with E-state index in [0.717, 1.165) is 5.56 Å². The molecule has 0 heterocycles. The van der Waals surface area contributed by atoms with Crippen LogP contribution in [-0.4, -0.2) is 53.4 Å². The molecule has 1 unspecified atom stereocenters. The molecule has 33 heavy (non-hydrogen) atoms. The van der Waals surface area contributed by atoms with E-state index in [1.807, 2.05) is 19.9 Å². The highest BCUT2D eigenvalue weighted by molar-refractivity contribution is 5.47. The molecule has 1 atom stereocenters. The van der Waals surface area contributed by atoms with Crippen molar-refractivity contribution in [1.29, 1.82) is 5.26 Å². The fourth-order valence-corrected chi connectivity index (χ4v) is 3.66. The summed E-state index contributed by atoms with van der Waals surface area (Å²) in [5.74, 6) is 0.478. The fraction of sp³-hybridized carbons (Fsp3) is 0.519. The summed E-state index contributed by atoms with van der Waals surface area (Å²) in [6.07, 6.45) is -2.19. The number of likely N-dealkylation sites (N-methyl/N-ethyl adjacent to an activating group) is 1. The van der Waals surface area contributed by atoms with Gasteiger partial charge in [-0.1, -0.05) is 26.0 Å². The van der Waals surface area contributed by atoms with E-state index in [-0.39, 0.29) is 24.0 Å². The zero-order chi connectivity index (χ0) is 30.6. The molecule has 0 spiro atoms. The number of nitriles is 1. The Bertz CT molecular complexity index is 1250. The van der Waals surface area contributed by atoms with Crippen molar-refractivity contribution < 1.29 is 28.5 Å². The van der Waals surface area contributed by atoms with E-state index in [9.17, 15) is 5.26 Å². The molecule has 180 valence electrons. The molecule has 2 rings (SSSR count). The van der Waals surface area contributed by atoms with Gasteiger partial charge < -0.3 is 23.8 Å². The van der Waals surface area contributed by atoms with Crippen LogP contribution in [0.5, 0.6) is 23.0 Å². The van der Waals surface area contributed by atoms with Gasteiger partial charge in [0.15, 0.2) is 23.0 Å². The van der Waals surface area contributed by atoms with E-state index in [4.69, 9.17) is 28.5 Å². The molecule has 0 saturated heterocycles. The molecule has 0 saturated carbocycles. The molecule has 6 heteroatoms. The van der Waals surface area contributed by atoms with E-state index >= 15 is 0 Å². The average molecular weight is 462 g/mol. The fourth-order valence-electron chi connectivity index (χ4n) is 3.66. The number of hydrogen-bond donors (Lipinski definition) is 0. The molecule has 0 N–H and O–H groups in total. The van der Waals surface area contributed by atoms with Crippen molar-refractivity contribution in [2.75, 3.05) is 48.5 Å². The molecule has 0 fully saturated rings. The maximum atomic E-state index is 10.3. The van der Waals surface area contributed by atoms with Crippen LogP contribution in [0.1, 0.15) is 47.4 Å². The Balaban J connectivity index is 2.41. The van der Waals surface area contributed by atoms with Gasteiger partial charge in [-0.05, 0) is 74.1 Å². The SMILES string of the molecule is [2H]c1c([2H])c(C([2H])([2H])C([2H])([2H])N(C)CCCC(C#N)(c2ccc(OC)c(OC)c2)C(C)C)c([2H])c(OC)c1OC. The second-order valence-corrected chi connectivity index (χ2v) is 7.89. The molecule has 0 aliphatic heterocycles. The van der Waals surface area contributed by atoms with Gasteiger partial charge in [-0.15, -0.1) is 0 Å². The predicted molar refractivity (Wildman–Crippen MR) is 132 cm³/mol. The van der Waals surface area contributed by atoms with E-state index in [0.29, 0.717) is 24.3 Å². The number of benzene rings is 2. The normalized spacial score (nSPS) is 16.8. The molecular weight excluding hydrogens is 416 g/mol. The van der Waals surface area contributed by atoms with Gasteiger partial charge in [-0.3, -0.25) is 0 Å². The van der Waals surface area contributed by atoms with Crippen LogP contribution in [0.25, 0.3) is 0 Å². The van der Waals surface area contributed by atoms with Crippen LogP contribution in [-0.2, 0) is 11.8 Å². The first-order valence-electron chi connectivity index (χ1n) is 14.2. The van der Waals surface area contributed by atoms with Gasteiger partial charge in [-0.2, -0.15) is 5.26 Å². The number of nitrogens with zero attached hydrogens (tertiary/aromatic N) is 2. The van der Waals surface area contributed by atoms with Crippen molar-refractivity contribution in [2.45, 2.75) is 38.5 Å². The Morgan fingerprint density at radius 3 is 2.27 bits per heavy atom. The zero-order valence-electron chi connectivity index (χ0n) is 27.5. The summed E-state index contributed by atoms with van der Waals surface area (Å²) in [7, 11) is 6.93. The number of rotatable bonds is 13. The lowest BCUT2D eigenvalue weighted by atomic mass is 9.69. The highest BCUT2D eigenvalue weighted by Crippen LogP contribution is 2.40. The van der Waals surface area contributed by atoms with Crippen molar-refractivity contribution in [3.63, 3.8) is 0 Å².